The van der Waals surface area contributed by atoms with Crippen LogP contribution in [0.15, 0.2) is 30.3 Å². The van der Waals surface area contributed by atoms with Gasteiger partial charge in [-0.2, -0.15) is 0 Å². The van der Waals surface area contributed by atoms with Gasteiger partial charge in [0.1, 0.15) is 6.10 Å². The minimum Gasteiger partial charge on any atom is -0.504 e. The SMILES string of the molecule is Cc1ccc2c(c1)C(=O)N([C@@H]1CC[C@@]3(O)[C@H]4Cc5ccc(O)c6c5[C@@]3(CCN4CC3CC3)[C@@H]1O6)C2=O. The summed E-state index contributed by atoms with van der Waals surface area (Å²) in [5.74, 6) is 0.644. The Morgan fingerprint density at radius 1 is 1.06 bits per heavy atom. The van der Waals surface area contributed by atoms with Gasteiger partial charge in [-0.3, -0.25) is 19.4 Å². The summed E-state index contributed by atoms with van der Waals surface area (Å²) in [6.45, 7) is 3.76. The Kier molecular flexibility index (Phi) is 3.94. The second kappa shape index (κ2) is 6.69. The Hall–Kier alpha value is -2.90. The van der Waals surface area contributed by atoms with Crippen LogP contribution in [0.4, 0.5) is 0 Å². The van der Waals surface area contributed by atoms with E-state index >= 15 is 0 Å². The average molecular weight is 487 g/mol. The van der Waals surface area contributed by atoms with E-state index in [2.05, 4.69) is 4.90 Å². The minimum absolute atomic E-state index is 0.0354. The summed E-state index contributed by atoms with van der Waals surface area (Å²) in [6, 6.07) is 8.51. The summed E-state index contributed by atoms with van der Waals surface area (Å²) in [5.41, 5.74) is 2.04. The van der Waals surface area contributed by atoms with E-state index in [1.54, 1.807) is 18.2 Å². The maximum absolute atomic E-state index is 13.6. The lowest BCUT2D eigenvalue weighted by atomic mass is 9.48. The van der Waals surface area contributed by atoms with Gasteiger partial charge in [0, 0.05) is 18.2 Å². The van der Waals surface area contributed by atoms with Gasteiger partial charge < -0.3 is 14.9 Å². The molecule has 36 heavy (non-hydrogen) atoms. The normalized spacial score (nSPS) is 36.1. The number of hydrogen-bond donors (Lipinski definition) is 2. The molecule has 2 bridgehead atoms. The van der Waals surface area contributed by atoms with E-state index in [1.807, 2.05) is 19.1 Å². The standard InChI is InChI=1S/C29H30N2O5/c1-15-2-6-18-19(12-15)27(34)31(26(18)33)20-8-9-29(35)22-13-17-5-7-21(32)24-23(17)28(29,25(20)36-24)10-11-30(22)14-16-3-4-16/h2,5-7,12,16,20,22,25,32,35H,3-4,8-11,13-14H2,1H3/t20-,22-,25-,28+,29-/m1/s1. The van der Waals surface area contributed by atoms with Crippen molar-refractivity contribution in [2.45, 2.75) is 74.7 Å². The molecular formula is C29H30N2O5. The van der Waals surface area contributed by atoms with Crippen LogP contribution in [0.3, 0.4) is 0 Å². The molecule has 2 amide bonds. The number of rotatable bonds is 3. The van der Waals surface area contributed by atoms with Crippen LogP contribution >= 0.6 is 0 Å². The number of likely N-dealkylation sites (tertiary alicyclic amines) is 1. The fourth-order valence-corrected chi connectivity index (χ4v) is 8.39. The van der Waals surface area contributed by atoms with Crippen LogP contribution in [0.25, 0.3) is 0 Å². The molecule has 2 aromatic rings. The molecule has 8 rings (SSSR count). The van der Waals surface area contributed by atoms with Crippen molar-refractivity contribution < 1.29 is 24.5 Å². The third-order valence-electron chi connectivity index (χ3n) is 10.1. The van der Waals surface area contributed by atoms with Crippen molar-refractivity contribution in [3.8, 4) is 11.5 Å². The number of aliphatic hydroxyl groups is 1. The molecule has 5 atom stereocenters. The lowest BCUT2D eigenvalue weighted by Crippen LogP contribution is -2.78. The molecule has 0 radical (unpaired) electrons. The molecule has 3 aliphatic carbocycles. The Bertz CT molecular complexity index is 1370. The Balaban J connectivity index is 1.27. The Morgan fingerprint density at radius 3 is 2.67 bits per heavy atom. The van der Waals surface area contributed by atoms with E-state index in [4.69, 9.17) is 4.74 Å². The molecule has 1 saturated heterocycles. The molecule has 6 aliphatic rings. The summed E-state index contributed by atoms with van der Waals surface area (Å²) >= 11 is 0. The lowest BCUT2D eigenvalue weighted by molar-refractivity contribution is -0.196. The van der Waals surface area contributed by atoms with Crippen LogP contribution < -0.4 is 4.74 Å². The molecule has 186 valence electrons. The van der Waals surface area contributed by atoms with Gasteiger partial charge in [-0.1, -0.05) is 17.7 Å². The highest BCUT2D eigenvalue weighted by molar-refractivity contribution is 6.21. The number of piperidine rings is 1. The van der Waals surface area contributed by atoms with Crippen LogP contribution in [-0.4, -0.2) is 68.7 Å². The number of aryl methyl sites for hydroxylation is 1. The van der Waals surface area contributed by atoms with Gasteiger partial charge in [-0.05, 0) is 81.7 Å². The number of hydrogen-bond acceptors (Lipinski definition) is 6. The van der Waals surface area contributed by atoms with Gasteiger partial charge in [0.05, 0.1) is 28.2 Å². The second-order valence-corrected chi connectivity index (χ2v) is 11.9. The molecule has 2 saturated carbocycles. The maximum Gasteiger partial charge on any atom is 0.261 e. The van der Waals surface area contributed by atoms with Crippen LogP contribution in [0.5, 0.6) is 11.5 Å². The van der Waals surface area contributed by atoms with Crippen LogP contribution in [0.2, 0.25) is 0 Å². The zero-order chi connectivity index (χ0) is 24.6. The van der Waals surface area contributed by atoms with E-state index < -0.39 is 23.2 Å². The quantitative estimate of drug-likeness (QED) is 0.649. The number of ether oxygens (including phenoxy) is 1. The van der Waals surface area contributed by atoms with Gasteiger partial charge in [-0.15, -0.1) is 0 Å². The molecule has 7 heteroatoms. The minimum atomic E-state index is -1.04. The third kappa shape index (κ3) is 2.37. The van der Waals surface area contributed by atoms with Crippen LogP contribution in [-0.2, 0) is 11.8 Å². The Morgan fingerprint density at radius 2 is 1.86 bits per heavy atom. The number of carbonyl (C=O) groups is 2. The van der Waals surface area contributed by atoms with Crippen LogP contribution in [0.1, 0.15) is 69.5 Å². The number of phenols is 1. The van der Waals surface area contributed by atoms with Crippen molar-refractivity contribution in [2.75, 3.05) is 13.1 Å². The first kappa shape index (κ1) is 21.2. The summed E-state index contributed by atoms with van der Waals surface area (Å²) < 4.78 is 6.57. The predicted molar refractivity (Wildman–Crippen MR) is 130 cm³/mol. The average Bonchev–Trinajstić information content (AvgIpc) is 3.55. The summed E-state index contributed by atoms with van der Waals surface area (Å²) in [5, 5.41) is 23.5. The second-order valence-electron chi connectivity index (χ2n) is 11.9. The molecule has 3 fully saturated rings. The van der Waals surface area contributed by atoms with Gasteiger partial charge in [0.2, 0.25) is 0 Å². The van der Waals surface area contributed by atoms with E-state index in [1.165, 1.54) is 17.7 Å². The molecule has 7 nitrogen and oxygen atoms in total. The highest BCUT2D eigenvalue weighted by atomic mass is 16.5. The third-order valence-corrected chi connectivity index (χ3v) is 10.1. The topological polar surface area (TPSA) is 90.3 Å². The molecule has 3 heterocycles. The molecule has 1 spiro atoms. The maximum atomic E-state index is 13.6. The first-order valence-corrected chi connectivity index (χ1v) is 13.3. The van der Waals surface area contributed by atoms with Gasteiger partial charge >= 0.3 is 0 Å². The van der Waals surface area contributed by atoms with Crippen molar-refractivity contribution >= 4 is 11.8 Å². The first-order chi connectivity index (χ1) is 17.3. The zero-order valence-electron chi connectivity index (χ0n) is 20.4. The zero-order valence-corrected chi connectivity index (χ0v) is 20.4. The Labute approximate surface area is 209 Å². The number of phenolic OH excluding ortho intramolecular Hbond substituents is 1. The molecule has 0 unspecified atom stereocenters. The molecule has 2 N–H and O–H groups in total. The molecule has 2 aromatic carbocycles. The smallest absolute Gasteiger partial charge is 0.261 e. The number of benzene rings is 2. The largest absolute Gasteiger partial charge is 0.504 e. The van der Waals surface area contributed by atoms with Gasteiger partial charge in [-0.25, -0.2) is 0 Å². The monoisotopic (exact) mass is 486 g/mol. The fourth-order valence-electron chi connectivity index (χ4n) is 8.39. The number of imide groups is 1. The van der Waals surface area contributed by atoms with Crippen molar-refractivity contribution in [3.05, 3.63) is 58.1 Å². The summed E-state index contributed by atoms with van der Waals surface area (Å²) in [4.78, 5) is 31.1. The van der Waals surface area contributed by atoms with Crippen molar-refractivity contribution in [1.82, 2.24) is 9.80 Å². The number of carbonyl (C=O) groups excluding carboxylic acids is 2. The highest BCUT2D eigenvalue weighted by Gasteiger charge is 2.74. The number of fused-ring (bicyclic) bond motifs is 1. The number of amides is 2. The number of nitrogens with zero attached hydrogens (tertiary/aromatic N) is 2. The fraction of sp³-hybridized carbons (Fsp3) is 0.517. The van der Waals surface area contributed by atoms with Gasteiger partial charge in [0.15, 0.2) is 11.5 Å². The summed E-state index contributed by atoms with van der Waals surface area (Å²) in [7, 11) is 0. The first-order valence-electron chi connectivity index (χ1n) is 13.3. The lowest BCUT2D eigenvalue weighted by Gasteiger charge is -2.64. The summed E-state index contributed by atoms with van der Waals surface area (Å²) in [6.07, 6.45) is 4.30. The van der Waals surface area contributed by atoms with E-state index in [9.17, 15) is 19.8 Å². The molecular weight excluding hydrogens is 456 g/mol. The van der Waals surface area contributed by atoms with Crippen molar-refractivity contribution in [3.63, 3.8) is 0 Å². The number of aromatic hydroxyl groups is 1. The predicted octanol–water partition coefficient (Wildman–Crippen LogP) is 2.93. The molecule has 3 aliphatic heterocycles. The van der Waals surface area contributed by atoms with E-state index in [-0.39, 0.29) is 23.6 Å². The van der Waals surface area contributed by atoms with Crippen LogP contribution in [0, 0.1) is 12.8 Å². The van der Waals surface area contributed by atoms with E-state index in [0.29, 0.717) is 42.1 Å². The van der Waals surface area contributed by atoms with Crippen molar-refractivity contribution in [2.24, 2.45) is 5.92 Å². The van der Waals surface area contributed by atoms with Gasteiger partial charge in [0.25, 0.3) is 11.8 Å². The highest BCUT2D eigenvalue weighted by Crippen LogP contribution is 2.66. The van der Waals surface area contributed by atoms with Crippen molar-refractivity contribution in [1.29, 1.82) is 0 Å². The molecule has 0 aromatic heterocycles. The van der Waals surface area contributed by atoms with E-state index in [0.717, 1.165) is 36.2 Å².